The first-order valence-electron chi connectivity index (χ1n) is 8.25. The van der Waals surface area contributed by atoms with Gasteiger partial charge < -0.3 is 14.6 Å². The Balaban J connectivity index is 2.18. The predicted molar refractivity (Wildman–Crippen MR) is 97.2 cm³/mol. The number of sulfone groups is 1. The maximum absolute atomic E-state index is 12.2. The van der Waals surface area contributed by atoms with E-state index in [2.05, 4.69) is 6.92 Å². The van der Waals surface area contributed by atoms with Crippen LogP contribution in [0, 0.1) is 0 Å². The standard InChI is InChI=1S/C19H24O5S/c1-4-14-6-11-18(19(12-14)23-3)24-16-7-9-17(10-8-16)25(21,22)13-15(20)5-2/h6-12,15,20H,4-5,13H2,1-3H3. The molecule has 6 heteroatoms. The predicted octanol–water partition coefficient (Wildman–Crippen LogP) is 3.59. The highest BCUT2D eigenvalue weighted by Crippen LogP contribution is 2.33. The van der Waals surface area contributed by atoms with Gasteiger partial charge in [-0.25, -0.2) is 8.42 Å². The van der Waals surface area contributed by atoms with Gasteiger partial charge in [0.25, 0.3) is 0 Å². The van der Waals surface area contributed by atoms with Crippen molar-refractivity contribution in [3.8, 4) is 17.2 Å². The van der Waals surface area contributed by atoms with Crippen LogP contribution in [0.2, 0.25) is 0 Å². The molecule has 0 aromatic heterocycles. The van der Waals surface area contributed by atoms with Gasteiger partial charge in [0.15, 0.2) is 21.3 Å². The minimum absolute atomic E-state index is 0.167. The molecule has 0 aliphatic rings. The number of benzene rings is 2. The highest BCUT2D eigenvalue weighted by atomic mass is 32.2. The smallest absolute Gasteiger partial charge is 0.180 e. The topological polar surface area (TPSA) is 72.8 Å². The number of aliphatic hydroxyl groups excluding tert-OH is 1. The summed E-state index contributed by atoms with van der Waals surface area (Å²) in [7, 11) is -1.93. The Morgan fingerprint density at radius 3 is 2.28 bits per heavy atom. The van der Waals surface area contributed by atoms with Crippen molar-refractivity contribution in [3.05, 3.63) is 48.0 Å². The summed E-state index contributed by atoms with van der Waals surface area (Å²) in [5.74, 6) is 1.42. The number of rotatable bonds is 8. The maximum Gasteiger partial charge on any atom is 0.180 e. The second-order valence-corrected chi connectivity index (χ2v) is 7.79. The summed E-state index contributed by atoms with van der Waals surface area (Å²) in [5, 5.41) is 9.59. The zero-order valence-electron chi connectivity index (χ0n) is 14.7. The molecule has 0 heterocycles. The Morgan fingerprint density at radius 2 is 1.72 bits per heavy atom. The van der Waals surface area contributed by atoms with E-state index < -0.39 is 15.9 Å². The van der Waals surface area contributed by atoms with Crippen LogP contribution >= 0.6 is 0 Å². The summed E-state index contributed by atoms with van der Waals surface area (Å²) in [5.41, 5.74) is 1.14. The highest BCUT2D eigenvalue weighted by molar-refractivity contribution is 7.91. The molecule has 2 aromatic rings. The van der Waals surface area contributed by atoms with Crippen LogP contribution in [0.3, 0.4) is 0 Å². The van der Waals surface area contributed by atoms with E-state index in [-0.39, 0.29) is 10.6 Å². The molecular formula is C19H24O5S. The lowest BCUT2D eigenvalue weighted by Crippen LogP contribution is -2.20. The van der Waals surface area contributed by atoms with Crippen molar-refractivity contribution >= 4 is 9.84 Å². The van der Waals surface area contributed by atoms with Crippen LogP contribution in [0.15, 0.2) is 47.4 Å². The van der Waals surface area contributed by atoms with Gasteiger partial charge in [-0.05, 0) is 54.8 Å². The maximum atomic E-state index is 12.2. The van der Waals surface area contributed by atoms with Crippen molar-refractivity contribution < 1.29 is 23.0 Å². The number of ether oxygens (including phenoxy) is 2. The summed E-state index contributed by atoms with van der Waals surface area (Å²) in [4.78, 5) is 0.167. The zero-order valence-corrected chi connectivity index (χ0v) is 15.5. The van der Waals surface area contributed by atoms with E-state index in [1.807, 2.05) is 18.2 Å². The first-order chi connectivity index (χ1) is 11.9. The van der Waals surface area contributed by atoms with E-state index >= 15 is 0 Å². The summed E-state index contributed by atoms with van der Waals surface area (Å²) < 4.78 is 35.6. The monoisotopic (exact) mass is 364 g/mol. The molecule has 0 bridgehead atoms. The van der Waals surface area contributed by atoms with E-state index in [1.165, 1.54) is 12.1 Å². The van der Waals surface area contributed by atoms with E-state index in [1.54, 1.807) is 26.2 Å². The van der Waals surface area contributed by atoms with E-state index in [0.717, 1.165) is 12.0 Å². The van der Waals surface area contributed by atoms with Crippen LogP contribution in [0.1, 0.15) is 25.8 Å². The molecule has 2 rings (SSSR count). The van der Waals surface area contributed by atoms with Crippen LogP contribution in [-0.2, 0) is 16.3 Å². The van der Waals surface area contributed by atoms with Gasteiger partial charge in [0.05, 0.1) is 23.9 Å². The third-order valence-corrected chi connectivity index (χ3v) is 5.74. The van der Waals surface area contributed by atoms with Gasteiger partial charge in [-0.15, -0.1) is 0 Å². The van der Waals surface area contributed by atoms with Gasteiger partial charge >= 0.3 is 0 Å². The van der Waals surface area contributed by atoms with Gasteiger partial charge in [-0.1, -0.05) is 19.9 Å². The molecule has 5 nitrogen and oxygen atoms in total. The molecular weight excluding hydrogens is 340 g/mol. The average Bonchev–Trinajstić information content (AvgIpc) is 2.62. The Kier molecular flexibility index (Phi) is 6.45. The van der Waals surface area contributed by atoms with Crippen LogP contribution in [0.5, 0.6) is 17.2 Å². The zero-order chi connectivity index (χ0) is 18.4. The number of aliphatic hydroxyl groups is 1. The summed E-state index contributed by atoms with van der Waals surface area (Å²) in [6, 6.07) is 11.9. The van der Waals surface area contributed by atoms with Crippen molar-refractivity contribution in [1.29, 1.82) is 0 Å². The molecule has 1 atom stereocenters. The minimum atomic E-state index is -3.51. The largest absolute Gasteiger partial charge is 0.493 e. The van der Waals surface area contributed by atoms with Crippen LogP contribution in [0.4, 0.5) is 0 Å². The molecule has 25 heavy (non-hydrogen) atoms. The minimum Gasteiger partial charge on any atom is -0.493 e. The van der Waals surface area contributed by atoms with E-state index in [4.69, 9.17) is 9.47 Å². The fourth-order valence-corrected chi connectivity index (χ4v) is 3.81. The molecule has 136 valence electrons. The number of hydrogen-bond acceptors (Lipinski definition) is 5. The van der Waals surface area contributed by atoms with Gasteiger partial charge in [0, 0.05) is 0 Å². The van der Waals surface area contributed by atoms with Gasteiger partial charge in [0.2, 0.25) is 0 Å². The molecule has 1 N–H and O–H groups in total. The second-order valence-electron chi connectivity index (χ2n) is 5.76. The fraction of sp³-hybridized carbons (Fsp3) is 0.368. The lowest BCUT2D eigenvalue weighted by molar-refractivity contribution is 0.193. The molecule has 0 amide bonds. The SMILES string of the molecule is CCc1ccc(Oc2ccc(S(=O)(=O)CC(O)CC)cc2)c(OC)c1. The normalized spacial score (nSPS) is 12.6. The number of hydrogen-bond donors (Lipinski definition) is 1. The summed E-state index contributed by atoms with van der Waals surface area (Å²) in [6.45, 7) is 3.80. The Bertz CT molecular complexity index is 797. The third kappa shape index (κ3) is 4.96. The molecule has 2 aromatic carbocycles. The van der Waals surface area contributed by atoms with Gasteiger partial charge in [0.1, 0.15) is 5.75 Å². The van der Waals surface area contributed by atoms with Crippen molar-refractivity contribution in [2.45, 2.75) is 37.7 Å². The Hall–Kier alpha value is -2.05. The Labute approximate surface area is 149 Å². The quantitative estimate of drug-likeness (QED) is 0.775. The van der Waals surface area contributed by atoms with Crippen LogP contribution < -0.4 is 9.47 Å². The average molecular weight is 364 g/mol. The van der Waals surface area contributed by atoms with E-state index in [9.17, 15) is 13.5 Å². The molecule has 0 saturated heterocycles. The lowest BCUT2D eigenvalue weighted by Gasteiger charge is -2.12. The van der Waals surface area contributed by atoms with Crippen molar-refractivity contribution in [2.24, 2.45) is 0 Å². The van der Waals surface area contributed by atoms with E-state index in [0.29, 0.717) is 23.7 Å². The number of methoxy groups -OCH3 is 1. The van der Waals surface area contributed by atoms with Gasteiger partial charge in [-0.3, -0.25) is 0 Å². The molecule has 1 unspecified atom stereocenters. The molecule has 0 saturated carbocycles. The summed E-state index contributed by atoms with van der Waals surface area (Å²) in [6.07, 6.45) is 0.433. The number of aryl methyl sites for hydroxylation is 1. The van der Waals surface area contributed by atoms with Crippen LogP contribution in [0.25, 0.3) is 0 Å². The fourth-order valence-electron chi connectivity index (χ4n) is 2.33. The highest BCUT2D eigenvalue weighted by Gasteiger charge is 2.19. The second kappa shape index (κ2) is 8.36. The molecule has 0 radical (unpaired) electrons. The molecule has 0 aliphatic carbocycles. The van der Waals surface area contributed by atoms with Crippen LogP contribution in [-0.4, -0.2) is 32.5 Å². The first kappa shape index (κ1) is 19.3. The summed E-state index contributed by atoms with van der Waals surface area (Å²) >= 11 is 0. The Morgan fingerprint density at radius 1 is 1.04 bits per heavy atom. The van der Waals surface area contributed by atoms with Crippen molar-refractivity contribution in [1.82, 2.24) is 0 Å². The first-order valence-corrected chi connectivity index (χ1v) is 9.90. The van der Waals surface area contributed by atoms with Gasteiger partial charge in [-0.2, -0.15) is 0 Å². The molecule has 0 fully saturated rings. The lowest BCUT2D eigenvalue weighted by atomic mass is 10.1. The molecule has 0 spiro atoms. The van der Waals surface area contributed by atoms with Crippen molar-refractivity contribution in [3.63, 3.8) is 0 Å². The third-order valence-electron chi connectivity index (χ3n) is 3.93. The molecule has 0 aliphatic heterocycles. The van der Waals surface area contributed by atoms with Crippen molar-refractivity contribution in [2.75, 3.05) is 12.9 Å².